The molecule has 2 nitrogen and oxygen atoms in total. The van der Waals surface area contributed by atoms with Gasteiger partial charge in [0.1, 0.15) is 5.82 Å². The second-order valence-corrected chi connectivity index (χ2v) is 5.64. The van der Waals surface area contributed by atoms with Crippen LogP contribution in [0, 0.1) is 11.8 Å². The molecule has 2 atom stereocenters. The van der Waals surface area contributed by atoms with E-state index < -0.39 is 0 Å². The summed E-state index contributed by atoms with van der Waals surface area (Å²) in [4.78, 5) is 6.64. The van der Waals surface area contributed by atoms with E-state index in [0.29, 0.717) is 11.8 Å². The summed E-state index contributed by atoms with van der Waals surface area (Å²) in [5, 5.41) is 0.727. The third kappa shape index (κ3) is 2.28. The van der Waals surface area contributed by atoms with Gasteiger partial charge in [-0.15, -0.1) is 0 Å². The van der Waals surface area contributed by atoms with Crippen LogP contribution >= 0.6 is 27.5 Å². The molecule has 82 valence electrons. The van der Waals surface area contributed by atoms with Gasteiger partial charge in [0, 0.05) is 23.8 Å². The number of nitrogens with zero attached hydrogens (tertiary/aromatic N) is 2. The molecule has 4 heteroatoms. The molecule has 0 radical (unpaired) electrons. The van der Waals surface area contributed by atoms with E-state index in [-0.39, 0.29) is 0 Å². The molecule has 1 saturated heterocycles. The van der Waals surface area contributed by atoms with Gasteiger partial charge in [-0.05, 0) is 33.8 Å². The molecule has 0 amide bonds. The van der Waals surface area contributed by atoms with Crippen LogP contribution in [0.4, 0.5) is 5.82 Å². The number of anilines is 1. The molecule has 1 aromatic heterocycles. The third-order valence-corrected chi connectivity index (χ3v) is 3.79. The number of hydrogen-bond acceptors (Lipinski definition) is 2. The summed E-state index contributed by atoms with van der Waals surface area (Å²) < 4.78 is 0.927. The zero-order chi connectivity index (χ0) is 11.0. The van der Waals surface area contributed by atoms with Crippen molar-refractivity contribution in [1.82, 2.24) is 4.98 Å². The normalized spacial score (nSPS) is 26.0. The number of aromatic nitrogens is 1. The Morgan fingerprint density at radius 3 is 2.53 bits per heavy atom. The standard InChI is InChI=1S/C11H14BrClN2/c1-7-5-15(6-8(7)2)11-10(13)3-9(12)4-14-11/h3-4,7-8H,5-6H2,1-2H3. The van der Waals surface area contributed by atoms with Gasteiger partial charge >= 0.3 is 0 Å². The van der Waals surface area contributed by atoms with Crippen molar-refractivity contribution in [3.8, 4) is 0 Å². The molecule has 0 spiro atoms. The average molecular weight is 290 g/mol. The van der Waals surface area contributed by atoms with Gasteiger partial charge in [0.05, 0.1) is 5.02 Å². The lowest BCUT2D eigenvalue weighted by Gasteiger charge is -2.18. The first kappa shape index (κ1) is 11.2. The molecule has 2 heterocycles. The van der Waals surface area contributed by atoms with Crippen LogP contribution in [0.25, 0.3) is 0 Å². The highest BCUT2D eigenvalue weighted by atomic mass is 79.9. The van der Waals surface area contributed by atoms with E-state index in [9.17, 15) is 0 Å². The molecule has 1 fully saturated rings. The maximum absolute atomic E-state index is 6.17. The van der Waals surface area contributed by atoms with Crippen LogP contribution in [0.3, 0.4) is 0 Å². The molecule has 0 bridgehead atoms. The number of hydrogen-bond donors (Lipinski definition) is 0. The van der Waals surface area contributed by atoms with E-state index in [0.717, 1.165) is 28.4 Å². The maximum atomic E-state index is 6.17. The van der Waals surface area contributed by atoms with Gasteiger partial charge in [-0.25, -0.2) is 4.98 Å². The summed E-state index contributed by atoms with van der Waals surface area (Å²) in [6.07, 6.45) is 1.80. The minimum atomic E-state index is 0.714. The van der Waals surface area contributed by atoms with Gasteiger partial charge in [-0.3, -0.25) is 0 Å². The molecule has 0 aromatic carbocycles. The van der Waals surface area contributed by atoms with Crippen LogP contribution in [0.1, 0.15) is 13.8 Å². The molecular weight excluding hydrogens is 275 g/mol. The Hall–Kier alpha value is -0.280. The lowest BCUT2D eigenvalue weighted by atomic mass is 10.0. The topological polar surface area (TPSA) is 16.1 Å². The van der Waals surface area contributed by atoms with E-state index in [2.05, 4.69) is 39.7 Å². The van der Waals surface area contributed by atoms with Crippen molar-refractivity contribution in [3.63, 3.8) is 0 Å². The monoisotopic (exact) mass is 288 g/mol. The van der Waals surface area contributed by atoms with Crippen molar-refractivity contribution >= 4 is 33.3 Å². The summed E-state index contributed by atoms with van der Waals surface area (Å²) in [7, 11) is 0. The number of halogens is 2. The highest BCUT2D eigenvalue weighted by Gasteiger charge is 2.27. The van der Waals surface area contributed by atoms with Gasteiger partial charge < -0.3 is 4.90 Å². The summed E-state index contributed by atoms with van der Waals surface area (Å²) in [6.45, 7) is 6.65. The summed E-state index contributed by atoms with van der Waals surface area (Å²) in [6, 6.07) is 1.90. The summed E-state index contributed by atoms with van der Waals surface area (Å²) >= 11 is 9.53. The predicted molar refractivity (Wildman–Crippen MR) is 67.5 cm³/mol. The minimum Gasteiger partial charge on any atom is -0.355 e. The molecule has 15 heavy (non-hydrogen) atoms. The summed E-state index contributed by atoms with van der Waals surface area (Å²) in [5.41, 5.74) is 0. The Morgan fingerprint density at radius 2 is 2.00 bits per heavy atom. The molecule has 0 N–H and O–H groups in total. The lowest BCUT2D eigenvalue weighted by molar-refractivity contribution is 0.494. The van der Waals surface area contributed by atoms with E-state index in [1.807, 2.05) is 6.07 Å². The first-order valence-corrected chi connectivity index (χ1v) is 6.31. The Morgan fingerprint density at radius 1 is 1.40 bits per heavy atom. The fourth-order valence-corrected chi connectivity index (χ4v) is 2.69. The fraction of sp³-hybridized carbons (Fsp3) is 0.545. The Balaban J connectivity index is 2.24. The van der Waals surface area contributed by atoms with Gasteiger partial charge in [0.2, 0.25) is 0 Å². The van der Waals surface area contributed by atoms with Crippen molar-refractivity contribution in [3.05, 3.63) is 21.8 Å². The Labute approximate surface area is 104 Å². The van der Waals surface area contributed by atoms with Crippen LogP contribution in [-0.2, 0) is 0 Å². The highest BCUT2D eigenvalue weighted by molar-refractivity contribution is 9.10. The lowest BCUT2D eigenvalue weighted by Crippen LogP contribution is -2.21. The zero-order valence-electron chi connectivity index (χ0n) is 8.87. The number of rotatable bonds is 1. The van der Waals surface area contributed by atoms with Crippen molar-refractivity contribution in [2.24, 2.45) is 11.8 Å². The van der Waals surface area contributed by atoms with Crippen molar-refractivity contribution in [2.45, 2.75) is 13.8 Å². The van der Waals surface area contributed by atoms with Crippen molar-refractivity contribution < 1.29 is 0 Å². The first-order valence-electron chi connectivity index (χ1n) is 5.14. The van der Waals surface area contributed by atoms with E-state index >= 15 is 0 Å². The Bertz CT molecular complexity index is 360. The van der Waals surface area contributed by atoms with Gasteiger partial charge in [0.25, 0.3) is 0 Å². The van der Waals surface area contributed by atoms with E-state index in [4.69, 9.17) is 11.6 Å². The quantitative estimate of drug-likeness (QED) is 0.785. The molecule has 2 rings (SSSR count). The van der Waals surface area contributed by atoms with Gasteiger partial charge in [-0.1, -0.05) is 25.4 Å². The second-order valence-electron chi connectivity index (χ2n) is 4.32. The molecule has 0 aliphatic carbocycles. The van der Waals surface area contributed by atoms with Crippen LogP contribution in [-0.4, -0.2) is 18.1 Å². The fourth-order valence-electron chi connectivity index (χ4n) is 1.94. The predicted octanol–water partition coefficient (Wildman–Crippen LogP) is 3.59. The van der Waals surface area contributed by atoms with Crippen LogP contribution in [0.15, 0.2) is 16.7 Å². The van der Waals surface area contributed by atoms with Crippen LogP contribution in [0.2, 0.25) is 5.02 Å². The van der Waals surface area contributed by atoms with Crippen LogP contribution < -0.4 is 4.90 Å². The largest absolute Gasteiger partial charge is 0.355 e. The third-order valence-electron chi connectivity index (χ3n) is 3.08. The number of pyridine rings is 1. The molecular formula is C11H14BrClN2. The first-order chi connectivity index (χ1) is 7.08. The van der Waals surface area contributed by atoms with Gasteiger partial charge in [0.15, 0.2) is 0 Å². The van der Waals surface area contributed by atoms with Crippen molar-refractivity contribution in [1.29, 1.82) is 0 Å². The molecule has 1 aliphatic rings. The van der Waals surface area contributed by atoms with Crippen LogP contribution in [0.5, 0.6) is 0 Å². The molecule has 1 aromatic rings. The molecule has 0 saturated carbocycles. The summed E-state index contributed by atoms with van der Waals surface area (Å²) in [5.74, 6) is 2.34. The van der Waals surface area contributed by atoms with Gasteiger partial charge in [-0.2, -0.15) is 0 Å². The van der Waals surface area contributed by atoms with E-state index in [1.165, 1.54) is 0 Å². The average Bonchev–Trinajstić information content (AvgIpc) is 2.46. The highest BCUT2D eigenvalue weighted by Crippen LogP contribution is 2.32. The van der Waals surface area contributed by atoms with E-state index in [1.54, 1.807) is 6.20 Å². The minimum absolute atomic E-state index is 0.714. The second kappa shape index (κ2) is 4.30. The molecule has 1 aliphatic heterocycles. The van der Waals surface area contributed by atoms with Crippen molar-refractivity contribution in [2.75, 3.05) is 18.0 Å². The Kier molecular flexibility index (Phi) is 3.21. The smallest absolute Gasteiger partial charge is 0.147 e. The zero-order valence-corrected chi connectivity index (χ0v) is 11.2. The SMILES string of the molecule is CC1CN(c2ncc(Br)cc2Cl)CC1C. The molecule has 2 unspecified atom stereocenters. The maximum Gasteiger partial charge on any atom is 0.147 e.